The number of anilines is 2. The first-order valence-electron chi connectivity index (χ1n) is 7.78. The van der Waals surface area contributed by atoms with Gasteiger partial charge in [-0.1, -0.05) is 13.8 Å². The Bertz CT molecular complexity index is 426. The number of carbonyl (C=O) groups excluding carboxylic acids is 1. The highest BCUT2D eigenvalue weighted by atomic mass is 16.1. The van der Waals surface area contributed by atoms with E-state index in [2.05, 4.69) is 37.9 Å². The molecule has 0 radical (unpaired) electrons. The molecule has 1 amide bonds. The summed E-state index contributed by atoms with van der Waals surface area (Å²) in [6.07, 6.45) is 1.43. The van der Waals surface area contributed by atoms with E-state index < -0.39 is 0 Å². The number of nitrogen functional groups attached to an aromatic ring is 1. The smallest absolute Gasteiger partial charge is 0.224 e. The van der Waals surface area contributed by atoms with Gasteiger partial charge < -0.3 is 16.0 Å². The maximum absolute atomic E-state index is 11.9. The van der Waals surface area contributed by atoms with Crippen molar-refractivity contribution < 1.29 is 4.79 Å². The molecule has 0 atom stereocenters. The van der Waals surface area contributed by atoms with Gasteiger partial charge in [-0.25, -0.2) is 0 Å². The topological polar surface area (TPSA) is 58.4 Å². The van der Waals surface area contributed by atoms with E-state index in [-0.39, 0.29) is 5.91 Å². The fourth-order valence-corrected chi connectivity index (χ4v) is 2.26. The molecule has 4 nitrogen and oxygen atoms in total. The van der Waals surface area contributed by atoms with E-state index in [0.29, 0.717) is 24.1 Å². The van der Waals surface area contributed by atoms with Crippen molar-refractivity contribution in [3.63, 3.8) is 0 Å². The summed E-state index contributed by atoms with van der Waals surface area (Å²) in [5.41, 5.74) is 7.13. The maximum Gasteiger partial charge on any atom is 0.224 e. The van der Waals surface area contributed by atoms with Crippen molar-refractivity contribution in [3.8, 4) is 0 Å². The second-order valence-corrected chi connectivity index (χ2v) is 6.26. The molecule has 0 saturated carbocycles. The minimum Gasteiger partial charge on any atom is -0.399 e. The van der Waals surface area contributed by atoms with Crippen LogP contribution in [0.2, 0.25) is 0 Å². The molecule has 0 unspecified atom stereocenters. The fourth-order valence-electron chi connectivity index (χ4n) is 2.26. The van der Waals surface area contributed by atoms with Crippen LogP contribution in [0.25, 0.3) is 0 Å². The van der Waals surface area contributed by atoms with Gasteiger partial charge in [0.25, 0.3) is 0 Å². The third-order valence-corrected chi connectivity index (χ3v) is 3.37. The van der Waals surface area contributed by atoms with Crippen molar-refractivity contribution in [2.24, 2.45) is 5.92 Å². The maximum atomic E-state index is 11.9. The zero-order valence-electron chi connectivity index (χ0n) is 13.7. The highest BCUT2D eigenvalue weighted by molar-refractivity contribution is 5.90. The van der Waals surface area contributed by atoms with Crippen molar-refractivity contribution in [3.05, 3.63) is 24.3 Å². The van der Waals surface area contributed by atoms with Gasteiger partial charge in [0.2, 0.25) is 5.91 Å². The van der Waals surface area contributed by atoms with Crippen LogP contribution in [0.15, 0.2) is 24.3 Å². The van der Waals surface area contributed by atoms with Gasteiger partial charge in [0.15, 0.2) is 0 Å². The molecule has 1 aromatic carbocycles. The number of hydrogen-bond donors (Lipinski definition) is 2. The van der Waals surface area contributed by atoms with Crippen molar-refractivity contribution >= 4 is 17.3 Å². The molecular formula is C17H29N3O. The summed E-state index contributed by atoms with van der Waals surface area (Å²) in [6, 6.07) is 7.75. The standard InChI is InChI=1S/C17H29N3O/c1-13(2)12-20(14(3)4)11-5-6-17(21)19-16-9-7-15(18)8-10-16/h7-10,13-14H,5-6,11-12,18H2,1-4H3,(H,19,21). The van der Waals surface area contributed by atoms with Crippen LogP contribution < -0.4 is 11.1 Å². The van der Waals surface area contributed by atoms with Crippen LogP contribution >= 0.6 is 0 Å². The van der Waals surface area contributed by atoms with Crippen LogP contribution in [0.4, 0.5) is 11.4 Å². The normalized spacial score (nSPS) is 11.4. The summed E-state index contributed by atoms with van der Waals surface area (Å²) >= 11 is 0. The number of nitrogens with one attached hydrogen (secondary N) is 1. The van der Waals surface area contributed by atoms with E-state index in [1.54, 1.807) is 12.1 Å². The van der Waals surface area contributed by atoms with Gasteiger partial charge >= 0.3 is 0 Å². The first-order valence-corrected chi connectivity index (χ1v) is 7.78. The molecule has 118 valence electrons. The van der Waals surface area contributed by atoms with Crippen LogP contribution in [0.1, 0.15) is 40.5 Å². The van der Waals surface area contributed by atoms with Crippen molar-refractivity contribution in [2.75, 3.05) is 24.1 Å². The molecule has 3 N–H and O–H groups in total. The molecule has 1 aromatic rings. The summed E-state index contributed by atoms with van der Waals surface area (Å²) in [5.74, 6) is 0.712. The first kappa shape index (κ1) is 17.5. The van der Waals surface area contributed by atoms with E-state index in [9.17, 15) is 4.79 Å². The number of nitrogens with zero attached hydrogens (tertiary/aromatic N) is 1. The third-order valence-electron chi connectivity index (χ3n) is 3.37. The fraction of sp³-hybridized carbons (Fsp3) is 0.588. The summed E-state index contributed by atoms with van der Waals surface area (Å²) < 4.78 is 0. The number of rotatable bonds is 8. The molecule has 0 spiro atoms. The summed E-state index contributed by atoms with van der Waals surface area (Å²) in [7, 11) is 0. The summed E-state index contributed by atoms with van der Waals surface area (Å²) in [6.45, 7) is 10.9. The molecule has 0 aliphatic heterocycles. The molecule has 0 aliphatic rings. The lowest BCUT2D eigenvalue weighted by molar-refractivity contribution is -0.116. The SMILES string of the molecule is CC(C)CN(CCCC(=O)Nc1ccc(N)cc1)C(C)C. The Balaban J connectivity index is 2.33. The third kappa shape index (κ3) is 7.14. The highest BCUT2D eigenvalue weighted by Gasteiger charge is 2.11. The monoisotopic (exact) mass is 291 g/mol. The summed E-state index contributed by atoms with van der Waals surface area (Å²) in [4.78, 5) is 14.3. The lowest BCUT2D eigenvalue weighted by atomic mass is 10.1. The Morgan fingerprint density at radius 3 is 2.33 bits per heavy atom. The van der Waals surface area contributed by atoms with Crippen molar-refractivity contribution in [1.29, 1.82) is 0 Å². The number of hydrogen-bond acceptors (Lipinski definition) is 3. The van der Waals surface area contributed by atoms with Gasteiger partial charge in [0, 0.05) is 30.4 Å². The van der Waals surface area contributed by atoms with E-state index in [1.807, 2.05) is 12.1 Å². The Labute approximate surface area is 128 Å². The second-order valence-electron chi connectivity index (χ2n) is 6.26. The second kappa shape index (κ2) is 8.67. The molecule has 4 heteroatoms. The Morgan fingerprint density at radius 1 is 1.19 bits per heavy atom. The van der Waals surface area contributed by atoms with Gasteiger partial charge in [-0.05, 0) is 57.0 Å². The zero-order valence-corrected chi connectivity index (χ0v) is 13.7. The van der Waals surface area contributed by atoms with Gasteiger partial charge in [0.1, 0.15) is 0 Å². The Kier molecular flexibility index (Phi) is 7.23. The van der Waals surface area contributed by atoms with E-state index in [4.69, 9.17) is 5.73 Å². The molecular weight excluding hydrogens is 262 g/mol. The minimum atomic E-state index is 0.0630. The first-order chi connectivity index (χ1) is 9.88. The Morgan fingerprint density at radius 2 is 1.81 bits per heavy atom. The molecule has 0 heterocycles. The molecule has 0 aliphatic carbocycles. The molecule has 0 aromatic heterocycles. The predicted molar refractivity (Wildman–Crippen MR) is 90.3 cm³/mol. The molecule has 0 saturated heterocycles. The number of benzene rings is 1. The number of nitrogens with two attached hydrogens (primary N) is 1. The number of amides is 1. The molecule has 1 rings (SSSR count). The minimum absolute atomic E-state index is 0.0630. The summed E-state index contributed by atoms with van der Waals surface area (Å²) in [5, 5.41) is 2.90. The lowest BCUT2D eigenvalue weighted by Crippen LogP contribution is -2.35. The van der Waals surface area contributed by atoms with E-state index in [0.717, 1.165) is 25.2 Å². The molecule has 0 bridgehead atoms. The lowest BCUT2D eigenvalue weighted by Gasteiger charge is -2.28. The van der Waals surface area contributed by atoms with E-state index >= 15 is 0 Å². The molecule has 21 heavy (non-hydrogen) atoms. The van der Waals surface area contributed by atoms with Crippen LogP contribution in [0, 0.1) is 5.92 Å². The average Bonchev–Trinajstić information content (AvgIpc) is 2.39. The number of carbonyl (C=O) groups is 1. The quantitative estimate of drug-likeness (QED) is 0.722. The average molecular weight is 291 g/mol. The zero-order chi connectivity index (χ0) is 15.8. The van der Waals surface area contributed by atoms with E-state index in [1.165, 1.54) is 0 Å². The van der Waals surface area contributed by atoms with Gasteiger partial charge in [-0.3, -0.25) is 4.79 Å². The van der Waals surface area contributed by atoms with Crippen LogP contribution in [0.5, 0.6) is 0 Å². The van der Waals surface area contributed by atoms with Gasteiger partial charge in [-0.2, -0.15) is 0 Å². The predicted octanol–water partition coefficient (Wildman–Crippen LogP) is 3.35. The molecule has 0 fully saturated rings. The largest absolute Gasteiger partial charge is 0.399 e. The van der Waals surface area contributed by atoms with Crippen LogP contribution in [-0.4, -0.2) is 29.9 Å². The van der Waals surface area contributed by atoms with Crippen LogP contribution in [-0.2, 0) is 4.79 Å². The van der Waals surface area contributed by atoms with Crippen molar-refractivity contribution in [2.45, 2.75) is 46.6 Å². The van der Waals surface area contributed by atoms with Crippen molar-refractivity contribution in [1.82, 2.24) is 4.90 Å². The van der Waals surface area contributed by atoms with Gasteiger partial charge in [0.05, 0.1) is 0 Å². The van der Waals surface area contributed by atoms with Gasteiger partial charge in [-0.15, -0.1) is 0 Å². The Hall–Kier alpha value is -1.55. The van der Waals surface area contributed by atoms with Crippen LogP contribution in [0.3, 0.4) is 0 Å². The highest BCUT2D eigenvalue weighted by Crippen LogP contribution is 2.11.